The molecular weight excluding hydrogens is 379 g/mol. The molecule has 0 saturated carbocycles. The number of aryl methyl sites for hydroxylation is 1. The van der Waals surface area contributed by atoms with Gasteiger partial charge in [0, 0.05) is 35.7 Å². The minimum atomic E-state index is -0.171. The highest BCUT2D eigenvalue weighted by molar-refractivity contribution is 6.35. The Kier molecular flexibility index (Phi) is 6.62. The van der Waals surface area contributed by atoms with Crippen LogP contribution in [-0.2, 0) is 4.79 Å². The zero-order valence-corrected chi connectivity index (χ0v) is 18.3. The molecule has 2 heterocycles. The maximum atomic E-state index is 12.8. The van der Waals surface area contributed by atoms with Crippen LogP contribution in [0.2, 0.25) is 0 Å². The number of nitrogens with zero attached hydrogens (tertiary/aromatic N) is 1. The van der Waals surface area contributed by atoms with Crippen molar-refractivity contribution in [3.05, 3.63) is 46.3 Å². The molecule has 0 spiro atoms. The number of ether oxygens (including phenoxy) is 1. The number of carbonyl (C=O) groups excluding carboxylic acids is 2. The van der Waals surface area contributed by atoms with Crippen molar-refractivity contribution in [2.75, 3.05) is 38.6 Å². The lowest BCUT2D eigenvalue weighted by atomic mass is 10.0. The summed E-state index contributed by atoms with van der Waals surface area (Å²) >= 11 is 0. The predicted molar refractivity (Wildman–Crippen MR) is 120 cm³/mol. The van der Waals surface area contributed by atoms with Crippen LogP contribution in [0.3, 0.4) is 0 Å². The monoisotopic (exact) mass is 409 g/mol. The van der Waals surface area contributed by atoms with E-state index in [2.05, 4.69) is 34.4 Å². The summed E-state index contributed by atoms with van der Waals surface area (Å²) in [5.41, 5.74) is 5.07. The molecule has 1 aromatic heterocycles. The Morgan fingerprint density at radius 1 is 1.23 bits per heavy atom. The van der Waals surface area contributed by atoms with Crippen molar-refractivity contribution in [3.8, 4) is 5.75 Å². The van der Waals surface area contributed by atoms with E-state index in [4.69, 9.17) is 4.74 Å². The highest BCUT2D eigenvalue weighted by atomic mass is 16.4. The summed E-state index contributed by atoms with van der Waals surface area (Å²) < 4.78 is 5.29. The van der Waals surface area contributed by atoms with Gasteiger partial charge in [-0.05, 0) is 56.8 Å². The minimum absolute atomic E-state index is 0.101. The number of amides is 2. The van der Waals surface area contributed by atoms with Gasteiger partial charge in [-0.1, -0.05) is 13.8 Å². The first-order chi connectivity index (χ1) is 14.4. The van der Waals surface area contributed by atoms with Crippen LogP contribution in [-0.4, -0.2) is 55.0 Å². The number of fused-ring (bicyclic) bond motifs is 1. The first-order valence-electron chi connectivity index (χ1n) is 10.3. The van der Waals surface area contributed by atoms with Crippen LogP contribution in [0, 0.1) is 13.8 Å². The number of likely N-dealkylation sites (N-methyl/N-ethyl adjacent to an activating group) is 1. The fourth-order valence-electron chi connectivity index (χ4n) is 3.80. The zero-order chi connectivity index (χ0) is 21.8. The summed E-state index contributed by atoms with van der Waals surface area (Å²) in [7, 11) is 1.60. The normalized spacial score (nSPS) is 14.2. The molecule has 0 bridgehead atoms. The SMILES string of the molecule is CCN(CC)CCNC(=O)c1c(C)[nH]c(/C=C2\C(=O)Nc3ccc(O[11CH3])cc32)c1C. The fraction of sp³-hybridized carbons (Fsp3) is 0.391. The lowest BCUT2D eigenvalue weighted by Crippen LogP contribution is -2.35. The number of hydrogen-bond donors (Lipinski definition) is 3. The first-order valence-corrected chi connectivity index (χ1v) is 10.3. The molecule has 0 unspecified atom stereocenters. The van der Waals surface area contributed by atoms with Crippen LogP contribution >= 0.6 is 0 Å². The van der Waals surface area contributed by atoms with E-state index in [1.807, 2.05) is 32.0 Å². The number of benzene rings is 1. The first kappa shape index (κ1) is 21.6. The molecule has 3 rings (SSSR count). The van der Waals surface area contributed by atoms with Crippen molar-refractivity contribution in [1.29, 1.82) is 0 Å². The van der Waals surface area contributed by atoms with E-state index in [1.165, 1.54) is 0 Å². The van der Waals surface area contributed by atoms with Gasteiger partial charge in [-0.15, -0.1) is 0 Å². The largest absolute Gasteiger partial charge is 0.497 e. The molecule has 3 N–H and O–H groups in total. The van der Waals surface area contributed by atoms with Gasteiger partial charge in [0.1, 0.15) is 5.75 Å². The van der Waals surface area contributed by atoms with Gasteiger partial charge in [0.25, 0.3) is 11.8 Å². The molecule has 30 heavy (non-hydrogen) atoms. The van der Waals surface area contributed by atoms with Gasteiger partial charge in [-0.25, -0.2) is 0 Å². The average Bonchev–Trinajstić information content (AvgIpc) is 3.20. The number of rotatable bonds is 8. The summed E-state index contributed by atoms with van der Waals surface area (Å²) in [6.45, 7) is 11.3. The summed E-state index contributed by atoms with van der Waals surface area (Å²) in [6, 6.07) is 5.48. The van der Waals surface area contributed by atoms with E-state index in [1.54, 1.807) is 13.2 Å². The van der Waals surface area contributed by atoms with E-state index < -0.39 is 0 Å². The number of methoxy groups -OCH3 is 1. The second kappa shape index (κ2) is 9.17. The van der Waals surface area contributed by atoms with E-state index in [9.17, 15) is 9.59 Å². The van der Waals surface area contributed by atoms with E-state index in [0.717, 1.165) is 47.8 Å². The Morgan fingerprint density at radius 2 is 1.97 bits per heavy atom. The van der Waals surface area contributed by atoms with Crippen molar-refractivity contribution in [2.45, 2.75) is 27.7 Å². The van der Waals surface area contributed by atoms with Gasteiger partial charge in [0.15, 0.2) is 0 Å². The molecular formula is C23H30N4O3. The van der Waals surface area contributed by atoms with Gasteiger partial charge >= 0.3 is 0 Å². The van der Waals surface area contributed by atoms with Gasteiger partial charge in [-0.3, -0.25) is 9.59 Å². The Bertz CT molecular complexity index is 987. The molecule has 0 aliphatic carbocycles. The van der Waals surface area contributed by atoms with Gasteiger partial charge < -0.3 is 25.3 Å². The second-order valence-corrected chi connectivity index (χ2v) is 7.37. The molecule has 0 atom stereocenters. The number of nitrogens with one attached hydrogen (secondary N) is 3. The van der Waals surface area contributed by atoms with E-state index >= 15 is 0 Å². The van der Waals surface area contributed by atoms with Crippen LogP contribution in [0.5, 0.6) is 5.75 Å². The average molecular weight is 410 g/mol. The number of aromatic nitrogens is 1. The smallest absolute Gasteiger partial charge is 0.256 e. The molecule has 1 aliphatic rings. The Hall–Kier alpha value is -3.06. The van der Waals surface area contributed by atoms with Gasteiger partial charge in [0.05, 0.1) is 18.2 Å². The number of H-pyrrole nitrogens is 1. The van der Waals surface area contributed by atoms with Crippen LogP contribution < -0.4 is 15.4 Å². The molecule has 160 valence electrons. The van der Waals surface area contributed by atoms with Gasteiger partial charge in [0.2, 0.25) is 0 Å². The number of anilines is 1. The molecule has 7 nitrogen and oxygen atoms in total. The topological polar surface area (TPSA) is 86.5 Å². The number of carbonyl (C=O) groups is 2. The van der Waals surface area contributed by atoms with Crippen molar-refractivity contribution in [3.63, 3.8) is 0 Å². The maximum absolute atomic E-state index is 12.8. The van der Waals surface area contributed by atoms with Crippen LogP contribution in [0.25, 0.3) is 11.6 Å². The highest BCUT2D eigenvalue weighted by Gasteiger charge is 2.26. The van der Waals surface area contributed by atoms with Crippen molar-refractivity contribution >= 4 is 29.2 Å². The maximum Gasteiger partial charge on any atom is 0.256 e. The van der Waals surface area contributed by atoms with Crippen LogP contribution in [0.1, 0.15) is 46.7 Å². The van der Waals surface area contributed by atoms with E-state index in [-0.39, 0.29) is 11.8 Å². The molecule has 0 radical (unpaired) electrons. The summed E-state index contributed by atoms with van der Waals surface area (Å²) in [4.78, 5) is 30.8. The van der Waals surface area contributed by atoms with E-state index in [0.29, 0.717) is 23.4 Å². The third kappa shape index (κ3) is 4.26. The van der Waals surface area contributed by atoms with Crippen molar-refractivity contribution < 1.29 is 14.3 Å². The Morgan fingerprint density at radius 3 is 2.63 bits per heavy atom. The third-order valence-corrected chi connectivity index (χ3v) is 5.61. The lowest BCUT2D eigenvalue weighted by molar-refractivity contribution is -0.110. The van der Waals surface area contributed by atoms with Crippen molar-refractivity contribution in [1.82, 2.24) is 15.2 Å². The molecule has 7 heteroatoms. The molecule has 0 saturated heterocycles. The van der Waals surface area contributed by atoms with Crippen LogP contribution in [0.15, 0.2) is 18.2 Å². The minimum Gasteiger partial charge on any atom is -0.497 e. The summed E-state index contributed by atoms with van der Waals surface area (Å²) in [6.07, 6.45) is 1.80. The number of hydrogen-bond acceptors (Lipinski definition) is 4. The zero-order valence-electron chi connectivity index (χ0n) is 18.3. The molecule has 1 aromatic carbocycles. The molecule has 2 aromatic rings. The lowest BCUT2D eigenvalue weighted by Gasteiger charge is -2.18. The molecule has 2 amide bonds. The highest BCUT2D eigenvalue weighted by Crippen LogP contribution is 2.36. The standard InChI is InChI=1S/C23H30N4O3/c1-6-27(7-2)11-10-24-23(29)21-14(3)20(25-15(21)4)13-18-17-12-16(30-5)8-9-19(17)26-22(18)28/h8-9,12-13,25H,6-7,10-11H2,1-5H3,(H,24,29)(H,26,28)/b18-13-/i5-1. The van der Waals surface area contributed by atoms with Gasteiger partial charge in [-0.2, -0.15) is 0 Å². The van der Waals surface area contributed by atoms with Crippen molar-refractivity contribution in [2.24, 2.45) is 0 Å². The molecule has 1 aliphatic heterocycles. The van der Waals surface area contributed by atoms with Crippen LogP contribution in [0.4, 0.5) is 5.69 Å². The second-order valence-electron chi connectivity index (χ2n) is 7.37. The summed E-state index contributed by atoms with van der Waals surface area (Å²) in [5, 5.41) is 5.88. The third-order valence-electron chi connectivity index (χ3n) is 5.61. The molecule has 0 fully saturated rings. The Labute approximate surface area is 177 Å². The number of aromatic amines is 1. The quantitative estimate of drug-likeness (QED) is 0.585. The summed E-state index contributed by atoms with van der Waals surface area (Å²) in [5.74, 6) is 0.412. The Balaban J connectivity index is 1.84. The predicted octanol–water partition coefficient (Wildman–Crippen LogP) is 3.20. The fourth-order valence-corrected chi connectivity index (χ4v) is 3.80.